The van der Waals surface area contributed by atoms with Crippen LogP contribution in [-0.2, 0) is 4.79 Å². The maximum Gasteiger partial charge on any atom is 0.222 e. The molecule has 1 unspecified atom stereocenters. The van der Waals surface area contributed by atoms with E-state index in [0.717, 1.165) is 25.8 Å². The van der Waals surface area contributed by atoms with E-state index < -0.39 is 0 Å². The van der Waals surface area contributed by atoms with Crippen LogP contribution in [0.3, 0.4) is 0 Å². The minimum absolute atomic E-state index is 0.0365. The summed E-state index contributed by atoms with van der Waals surface area (Å²) in [7, 11) is 1.92. The molecule has 0 aliphatic rings. The first-order valence-corrected chi connectivity index (χ1v) is 7.35. The Kier molecular flexibility index (Phi) is 8.25. The topological polar surface area (TPSA) is 46.3 Å². The van der Waals surface area contributed by atoms with Crippen LogP contribution in [0.5, 0.6) is 0 Å². The third-order valence-corrected chi connectivity index (χ3v) is 4.19. The monoisotopic (exact) mass is 256 g/mol. The Morgan fingerprint density at radius 3 is 2.28 bits per heavy atom. The fourth-order valence-corrected chi connectivity index (χ4v) is 2.15. The summed E-state index contributed by atoms with van der Waals surface area (Å²) in [6.45, 7) is 9.29. The van der Waals surface area contributed by atoms with Crippen LogP contribution in [0.2, 0.25) is 0 Å². The molecule has 0 aromatic heterocycles. The van der Waals surface area contributed by atoms with Gasteiger partial charge < -0.3 is 10.6 Å². The van der Waals surface area contributed by atoms with Crippen molar-refractivity contribution >= 4 is 5.91 Å². The Hall–Kier alpha value is -0.570. The van der Waals surface area contributed by atoms with Gasteiger partial charge in [0.25, 0.3) is 0 Å². The number of nitrogens with two attached hydrogens (primary N) is 1. The van der Waals surface area contributed by atoms with Gasteiger partial charge in [-0.2, -0.15) is 0 Å². The van der Waals surface area contributed by atoms with Gasteiger partial charge in [-0.15, -0.1) is 0 Å². The predicted octanol–water partition coefficient (Wildman–Crippen LogP) is 3.18. The number of nitrogens with zero attached hydrogens (tertiary/aromatic N) is 1. The lowest BCUT2D eigenvalue weighted by atomic mass is 9.93. The van der Waals surface area contributed by atoms with E-state index in [1.165, 1.54) is 12.8 Å². The highest BCUT2D eigenvalue weighted by atomic mass is 16.2. The van der Waals surface area contributed by atoms with Crippen LogP contribution in [-0.4, -0.2) is 29.9 Å². The average molecular weight is 256 g/mol. The van der Waals surface area contributed by atoms with Crippen molar-refractivity contribution in [1.82, 2.24) is 4.90 Å². The molecule has 0 fully saturated rings. The fourth-order valence-electron chi connectivity index (χ4n) is 2.15. The van der Waals surface area contributed by atoms with Crippen molar-refractivity contribution in [3.8, 4) is 0 Å². The molecule has 2 N–H and O–H groups in total. The molecule has 108 valence electrons. The van der Waals surface area contributed by atoms with Crippen LogP contribution in [0.1, 0.15) is 66.2 Å². The van der Waals surface area contributed by atoms with Gasteiger partial charge in [0.15, 0.2) is 0 Å². The van der Waals surface area contributed by atoms with Crippen LogP contribution < -0.4 is 5.73 Å². The molecule has 0 spiro atoms. The molecule has 0 aliphatic carbocycles. The number of amides is 1. The van der Waals surface area contributed by atoms with E-state index in [9.17, 15) is 4.79 Å². The molecule has 1 amide bonds. The van der Waals surface area contributed by atoms with Crippen molar-refractivity contribution in [2.75, 3.05) is 13.6 Å². The van der Waals surface area contributed by atoms with Gasteiger partial charge in [-0.05, 0) is 45.6 Å². The molecule has 1 atom stereocenters. The lowest BCUT2D eigenvalue weighted by molar-refractivity contribution is -0.135. The fraction of sp³-hybridized carbons (Fsp3) is 0.933. The molecule has 0 bridgehead atoms. The summed E-state index contributed by atoms with van der Waals surface area (Å²) >= 11 is 0. The normalized spacial score (nSPS) is 13.4. The summed E-state index contributed by atoms with van der Waals surface area (Å²) in [4.78, 5) is 14.1. The minimum Gasteiger partial charge on any atom is -0.341 e. The highest BCUT2D eigenvalue weighted by molar-refractivity contribution is 5.76. The molecular weight excluding hydrogens is 224 g/mol. The van der Waals surface area contributed by atoms with Gasteiger partial charge in [0.1, 0.15) is 0 Å². The summed E-state index contributed by atoms with van der Waals surface area (Å²) < 4.78 is 0. The number of carbonyl (C=O) groups is 1. The first-order valence-electron chi connectivity index (χ1n) is 7.35. The van der Waals surface area contributed by atoms with Gasteiger partial charge in [0.05, 0.1) is 0 Å². The molecule has 0 aromatic rings. The molecule has 0 saturated heterocycles. The number of hydrogen-bond donors (Lipinski definition) is 1. The zero-order valence-corrected chi connectivity index (χ0v) is 13.0. The summed E-state index contributed by atoms with van der Waals surface area (Å²) in [5.74, 6) is 0.877. The van der Waals surface area contributed by atoms with E-state index in [2.05, 4.69) is 27.7 Å². The van der Waals surface area contributed by atoms with E-state index in [-0.39, 0.29) is 11.4 Å². The summed E-state index contributed by atoms with van der Waals surface area (Å²) in [6, 6.07) is 0. The lowest BCUT2D eigenvalue weighted by Crippen LogP contribution is -2.44. The lowest BCUT2D eigenvalue weighted by Gasteiger charge is -2.35. The van der Waals surface area contributed by atoms with Crippen molar-refractivity contribution in [1.29, 1.82) is 0 Å². The molecule has 0 aromatic carbocycles. The molecule has 3 nitrogen and oxygen atoms in total. The standard InChI is InChI=1S/C15H32N2O/c1-6-8-13(11-12-16)9-10-14(18)17(5)15(3,4)7-2/h13H,6-12,16H2,1-5H3. The van der Waals surface area contributed by atoms with Crippen LogP contribution in [0.4, 0.5) is 0 Å². The van der Waals surface area contributed by atoms with Crippen molar-refractivity contribution < 1.29 is 4.79 Å². The molecule has 0 rings (SSSR count). The maximum atomic E-state index is 12.2. The summed E-state index contributed by atoms with van der Waals surface area (Å²) in [5, 5.41) is 0. The van der Waals surface area contributed by atoms with Gasteiger partial charge in [0, 0.05) is 19.0 Å². The first-order chi connectivity index (χ1) is 8.38. The van der Waals surface area contributed by atoms with E-state index in [4.69, 9.17) is 5.73 Å². The van der Waals surface area contributed by atoms with E-state index in [1.807, 2.05) is 11.9 Å². The van der Waals surface area contributed by atoms with Gasteiger partial charge in [-0.3, -0.25) is 4.79 Å². The van der Waals surface area contributed by atoms with Crippen molar-refractivity contribution in [2.24, 2.45) is 11.7 Å². The third-order valence-electron chi connectivity index (χ3n) is 4.19. The highest BCUT2D eigenvalue weighted by Gasteiger charge is 2.25. The van der Waals surface area contributed by atoms with E-state index in [1.54, 1.807) is 0 Å². The molecule has 0 radical (unpaired) electrons. The highest BCUT2D eigenvalue weighted by Crippen LogP contribution is 2.21. The molecule has 0 saturated carbocycles. The zero-order chi connectivity index (χ0) is 14.2. The Morgan fingerprint density at radius 2 is 1.83 bits per heavy atom. The van der Waals surface area contributed by atoms with Crippen molar-refractivity contribution in [2.45, 2.75) is 71.8 Å². The average Bonchev–Trinajstić information content (AvgIpc) is 2.35. The van der Waals surface area contributed by atoms with Crippen LogP contribution in [0.15, 0.2) is 0 Å². The third kappa shape index (κ3) is 5.85. The second kappa shape index (κ2) is 8.52. The first kappa shape index (κ1) is 17.4. The van der Waals surface area contributed by atoms with Crippen LogP contribution in [0, 0.1) is 5.92 Å². The smallest absolute Gasteiger partial charge is 0.222 e. The van der Waals surface area contributed by atoms with E-state index >= 15 is 0 Å². The Balaban J connectivity index is 4.22. The summed E-state index contributed by atoms with van der Waals surface area (Å²) in [6.07, 6.45) is 6.03. The largest absolute Gasteiger partial charge is 0.341 e. The number of rotatable bonds is 9. The number of carbonyl (C=O) groups excluding carboxylic acids is 1. The second-order valence-corrected chi connectivity index (χ2v) is 5.89. The van der Waals surface area contributed by atoms with Crippen LogP contribution in [0.25, 0.3) is 0 Å². The van der Waals surface area contributed by atoms with E-state index in [0.29, 0.717) is 12.3 Å². The SMILES string of the molecule is CCCC(CCN)CCC(=O)N(C)C(C)(C)CC. The minimum atomic E-state index is -0.0365. The van der Waals surface area contributed by atoms with Gasteiger partial charge in [-0.25, -0.2) is 0 Å². The predicted molar refractivity (Wildman–Crippen MR) is 78.4 cm³/mol. The van der Waals surface area contributed by atoms with Crippen molar-refractivity contribution in [3.05, 3.63) is 0 Å². The quantitative estimate of drug-likeness (QED) is 0.688. The Bertz CT molecular complexity index is 233. The second-order valence-electron chi connectivity index (χ2n) is 5.89. The molecule has 18 heavy (non-hydrogen) atoms. The molecule has 3 heteroatoms. The molecular formula is C15H32N2O. The van der Waals surface area contributed by atoms with Gasteiger partial charge in [-0.1, -0.05) is 26.7 Å². The molecule has 0 aliphatic heterocycles. The van der Waals surface area contributed by atoms with Crippen molar-refractivity contribution in [3.63, 3.8) is 0 Å². The Labute approximate surface area is 113 Å². The zero-order valence-electron chi connectivity index (χ0n) is 13.0. The van der Waals surface area contributed by atoms with Crippen LogP contribution >= 0.6 is 0 Å². The van der Waals surface area contributed by atoms with Gasteiger partial charge in [0.2, 0.25) is 5.91 Å². The summed E-state index contributed by atoms with van der Waals surface area (Å²) in [5.41, 5.74) is 5.58. The maximum absolute atomic E-state index is 12.2. The Morgan fingerprint density at radius 1 is 1.22 bits per heavy atom. The van der Waals surface area contributed by atoms with Gasteiger partial charge >= 0.3 is 0 Å². The molecule has 0 heterocycles. The number of hydrogen-bond acceptors (Lipinski definition) is 2.